The molecule has 20 heavy (non-hydrogen) atoms. The molecule has 0 unspecified atom stereocenters. The summed E-state index contributed by atoms with van der Waals surface area (Å²) in [5, 5.41) is 2.46. The Morgan fingerprint density at radius 1 is 1.45 bits per heavy atom. The predicted molar refractivity (Wildman–Crippen MR) is 63.0 cm³/mol. The topological polar surface area (TPSA) is 77.2 Å². The molecule has 0 saturated carbocycles. The Bertz CT molecular complexity index is 440. The first-order valence-electron chi connectivity index (χ1n) is 5.60. The highest BCUT2D eigenvalue weighted by Crippen LogP contribution is 2.23. The fraction of sp³-hybridized carbons (Fsp3) is 0.455. The Labute approximate surface area is 112 Å². The summed E-state index contributed by atoms with van der Waals surface area (Å²) in [5.74, 6) is -4.82. The third-order valence-corrected chi connectivity index (χ3v) is 2.12. The predicted octanol–water partition coefficient (Wildman–Crippen LogP) is 1.65. The molecule has 9 heteroatoms. The maximum Gasteiger partial charge on any atom is 0.340 e. The van der Waals surface area contributed by atoms with Crippen molar-refractivity contribution in [3.05, 3.63) is 18.3 Å². The fourth-order valence-corrected chi connectivity index (χ4v) is 1.13. The molecule has 1 aromatic heterocycles. The maximum atomic E-state index is 12.6. The van der Waals surface area contributed by atoms with Crippen LogP contribution in [0.1, 0.15) is 6.42 Å². The Hall–Kier alpha value is -1.90. The molecule has 5 nitrogen and oxygen atoms in total. The minimum Gasteiger partial charge on any atom is -0.471 e. The van der Waals surface area contributed by atoms with Crippen molar-refractivity contribution in [2.75, 3.05) is 18.5 Å². The summed E-state index contributed by atoms with van der Waals surface area (Å²) in [4.78, 5) is 14.8. The van der Waals surface area contributed by atoms with Crippen molar-refractivity contribution in [1.29, 1.82) is 0 Å². The molecule has 1 aromatic rings. The molecule has 0 bridgehead atoms. The lowest BCUT2D eigenvalue weighted by Crippen LogP contribution is -2.33. The Balaban J connectivity index is 2.53. The van der Waals surface area contributed by atoms with Gasteiger partial charge in [0.1, 0.15) is 0 Å². The number of carbonyl (C=O) groups excluding carboxylic acids is 1. The molecule has 0 aliphatic rings. The van der Waals surface area contributed by atoms with Crippen LogP contribution in [-0.2, 0) is 4.79 Å². The largest absolute Gasteiger partial charge is 0.471 e. The second-order valence-electron chi connectivity index (χ2n) is 3.82. The number of rotatable bonds is 7. The highest BCUT2D eigenvalue weighted by molar-refractivity contribution is 5.90. The minimum atomic E-state index is -4.24. The van der Waals surface area contributed by atoms with E-state index in [1.165, 1.54) is 12.1 Å². The summed E-state index contributed by atoms with van der Waals surface area (Å²) in [6.45, 7) is -1.29. The number of hydrogen-bond donors (Lipinski definition) is 2. The highest BCUT2D eigenvalue weighted by Gasteiger charge is 2.41. The third kappa shape index (κ3) is 5.00. The van der Waals surface area contributed by atoms with E-state index in [0.29, 0.717) is 5.69 Å². The molecule has 1 heterocycles. The van der Waals surface area contributed by atoms with Gasteiger partial charge in [0, 0.05) is 19.0 Å². The second-order valence-corrected chi connectivity index (χ2v) is 3.82. The number of halogens is 4. The third-order valence-electron chi connectivity index (χ3n) is 2.12. The van der Waals surface area contributed by atoms with Crippen LogP contribution in [0.25, 0.3) is 0 Å². The molecule has 0 fully saturated rings. The summed E-state index contributed by atoms with van der Waals surface area (Å²) in [6.07, 6.45) is -2.53. The number of hydrogen-bond acceptors (Lipinski definition) is 4. The normalized spacial score (nSPS) is 11.5. The standard InChI is InChI=1S/C11H13F4N3O2/c12-10(13)11(14,15)6-20-9-2-1-7(5-17-9)18-8(19)3-4-16/h1-2,5,10H,3-4,6,16H2,(H,18,19). The zero-order valence-electron chi connectivity index (χ0n) is 10.3. The molecular formula is C11H13F4N3O2. The van der Waals surface area contributed by atoms with Crippen LogP contribution in [0.2, 0.25) is 0 Å². The molecule has 112 valence electrons. The van der Waals surface area contributed by atoms with Gasteiger partial charge in [-0.25, -0.2) is 13.8 Å². The van der Waals surface area contributed by atoms with Gasteiger partial charge >= 0.3 is 12.3 Å². The van der Waals surface area contributed by atoms with Crippen molar-refractivity contribution in [3.63, 3.8) is 0 Å². The number of ether oxygens (including phenoxy) is 1. The first-order chi connectivity index (χ1) is 9.35. The van der Waals surface area contributed by atoms with Gasteiger partial charge in [-0.3, -0.25) is 4.79 Å². The molecule has 1 rings (SSSR count). The van der Waals surface area contributed by atoms with Crippen LogP contribution in [0.4, 0.5) is 23.2 Å². The van der Waals surface area contributed by atoms with Crippen molar-refractivity contribution in [1.82, 2.24) is 4.98 Å². The fourth-order valence-electron chi connectivity index (χ4n) is 1.13. The summed E-state index contributed by atoms with van der Waals surface area (Å²) in [5.41, 5.74) is 5.50. The van der Waals surface area contributed by atoms with Crippen LogP contribution in [-0.4, -0.2) is 36.4 Å². The molecule has 0 aliphatic heterocycles. The van der Waals surface area contributed by atoms with Crippen molar-refractivity contribution < 1.29 is 27.1 Å². The van der Waals surface area contributed by atoms with Crippen molar-refractivity contribution in [2.24, 2.45) is 5.73 Å². The molecule has 1 amide bonds. The van der Waals surface area contributed by atoms with Gasteiger partial charge in [0.15, 0.2) is 6.61 Å². The Morgan fingerprint density at radius 3 is 2.65 bits per heavy atom. The van der Waals surface area contributed by atoms with Gasteiger partial charge in [-0.2, -0.15) is 8.78 Å². The van der Waals surface area contributed by atoms with Gasteiger partial charge in [0.25, 0.3) is 0 Å². The van der Waals surface area contributed by atoms with E-state index in [-0.39, 0.29) is 24.8 Å². The Kier molecular flexibility index (Phi) is 5.68. The summed E-state index contributed by atoms with van der Waals surface area (Å²) in [7, 11) is 0. The molecule has 3 N–H and O–H groups in total. The summed E-state index contributed by atoms with van der Waals surface area (Å²) in [6, 6.07) is 2.52. The summed E-state index contributed by atoms with van der Waals surface area (Å²) >= 11 is 0. The molecule has 0 aromatic carbocycles. The number of aromatic nitrogens is 1. The van der Waals surface area contributed by atoms with Crippen molar-refractivity contribution in [3.8, 4) is 5.88 Å². The van der Waals surface area contributed by atoms with E-state index in [9.17, 15) is 22.4 Å². The van der Waals surface area contributed by atoms with Gasteiger partial charge in [0.05, 0.1) is 11.9 Å². The number of alkyl halides is 4. The number of pyridine rings is 1. The monoisotopic (exact) mass is 295 g/mol. The van der Waals surface area contributed by atoms with Crippen molar-refractivity contribution in [2.45, 2.75) is 18.8 Å². The van der Waals surface area contributed by atoms with Crippen LogP contribution in [0, 0.1) is 0 Å². The van der Waals surface area contributed by atoms with Crippen LogP contribution in [0.5, 0.6) is 5.88 Å². The van der Waals surface area contributed by atoms with Crippen LogP contribution >= 0.6 is 0 Å². The van der Waals surface area contributed by atoms with Gasteiger partial charge in [-0.1, -0.05) is 0 Å². The average molecular weight is 295 g/mol. The van der Waals surface area contributed by atoms with E-state index in [1.807, 2.05) is 0 Å². The first kappa shape index (κ1) is 16.2. The van der Waals surface area contributed by atoms with Crippen LogP contribution in [0.15, 0.2) is 18.3 Å². The van der Waals surface area contributed by atoms with E-state index in [4.69, 9.17) is 5.73 Å². The zero-order valence-corrected chi connectivity index (χ0v) is 10.3. The number of amides is 1. The first-order valence-corrected chi connectivity index (χ1v) is 5.60. The number of anilines is 1. The average Bonchev–Trinajstić information content (AvgIpc) is 2.38. The van der Waals surface area contributed by atoms with Crippen LogP contribution < -0.4 is 15.8 Å². The van der Waals surface area contributed by atoms with E-state index < -0.39 is 19.0 Å². The number of nitrogens with two attached hydrogens (primary N) is 1. The molecule has 0 saturated heterocycles. The quantitative estimate of drug-likeness (QED) is 0.750. The number of nitrogens with one attached hydrogen (secondary N) is 1. The van der Waals surface area contributed by atoms with E-state index in [0.717, 1.165) is 6.20 Å². The smallest absolute Gasteiger partial charge is 0.340 e. The number of carbonyl (C=O) groups is 1. The number of nitrogens with zero attached hydrogens (tertiary/aromatic N) is 1. The van der Waals surface area contributed by atoms with Gasteiger partial charge in [-0.05, 0) is 6.07 Å². The Morgan fingerprint density at radius 2 is 2.15 bits per heavy atom. The molecule has 0 spiro atoms. The molecule has 0 aliphatic carbocycles. The van der Waals surface area contributed by atoms with Crippen LogP contribution in [0.3, 0.4) is 0 Å². The van der Waals surface area contributed by atoms with Crippen molar-refractivity contribution >= 4 is 11.6 Å². The zero-order chi connectivity index (χ0) is 15.2. The van der Waals surface area contributed by atoms with Gasteiger partial charge in [-0.15, -0.1) is 0 Å². The van der Waals surface area contributed by atoms with E-state index >= 15 is 0 Å². The lowest BCUT2D eigenvalue weighted by atomic mass is 10.3. The van der Waals surface area contributed by atoms with E-state index in [1.54, 1.807) is 0 Å². The van der Waals surface area contributed by atoms with Gasteiger partial charge in [0.2, 0.25) is 11.8 Å². The summed E-state index contributed by atoms with van der Waals surface area (Å²) < 4.78 is 53.4. The minimum absolute atomic E-state index is 0.124. The highest BCUT2D eigenvalue weighted by atomic mass is 19.3. The lowest BCUT2D eigenvalue weighted by molar-refractivity contribution is -0.148. The lowest BCUT2D eigenvalue weighted by Gasteiger charge is -2.15. The molecular weight excluding hydrogens is 282 g/mol. The van der Waals surface area contributed by atoms with E-state index in [2.05, 4.69) is 15.0 Å². The SMILES string of the molecule is NCCC(=O)Nc1ccc(OCC(F)(F)C(F)F)nc1. The van der Waals surface area contributed by atoms with Gasteiger partial charge < -0.3 is 15.8 Å². The molecule has 0 atom stereocenters. The molecule has 0 radical (unpaired) electrons. The second kappa shape index (κ2) is 7.04. The maximum absolute atomic E-state index is 12.6.